The van der Waals surface area contributed by atoms with E-state index in [4.69, 9.17) is 0 Å². The van der Waals surface area contributed by atoms with Gasteiger partial charge in [0.1, 0.15) is 0 Å². The van der Waals surface area contributed by atoms with Crippen LogP contribution in [-0.4, -0.2) is 24.4 Å². The number of aromatic nitrogens is 4. The first-order chi connectivity index (χ1) is 12.0. The minimum atomic E-state index is -0.417. The Morgan fingerprint density at radius 1 is 1.08 bits per heavy atom. The molecule has 0 amide bonds. The first kappa shape index (κ1) is 19.8. The lowest BCUT2D eigenvalue weighted by molar-refractivity contribution is 0.538. The van der Waals surface area contributed by atoms with Crippen molar-refractivity contribution in [3.05, 3.63) is 20.8 Å². The highest BCUT2D eigenvalue weighted by Crippen LogP contribution is 2.25. The third-order valence-corrected chi connectivity index (χ3v) is 5.29. The zero-order valence-electron chi connectivity index (χ0n) is 15.8. The summed E-state index contributed by atoms with van der Waals surface area (Å²) in [6, 6.07) is 0. The number of imidazole rings is 1. The van der Waals surface area contributed by atoms with Crippen LogP contribution in [0.1, 0.15) is 65.7 Å². The van der Waals surface area contributed by atoms with Crippen molar-refractivity contribution in [3.8, 4) is 0 Å². The van der Waals surface area contributed by atoms with Crippen LogP contribution in [0.25, 0.3) is 11.2 Å². The summed E-state index contributed by atoms with van der Waals surface area (Å²) in [6.45, 7) is 7.19. The van der Waals surface area contributed by atoms with Gasteiger partial charge in [-0.1, -0.05) is 71.1 Å². The van der Waals surface area contributed by atoms with Gasteiger partial charge in [-0.15, -0.1) is 0 Å². The molecular weight excluding hydrogens is 336 g/mol. The maximum atomic E-state index is 12.3. The van der Waals surface area contributed by atoms with E-state index >= 15 is 0 Å². The molecule has 25 heavy (non-hydrogen) atoms. The van der Waals surface area contributed by atoms with Gasteiger partial charge in [0.2, 0.25) is 0 Å². The Morgan fingerprint density at radius 3 is 2.36 bits per heavy atom. The molecule has 0 spiro atoms. The number of nitrogens with one attached hydrogen (secondary N) is 1. The van der Waals surface area contributed by atoms with E-state index in [0.717, 1.165) is 24.5 Å². The molecule has 0 bridgehead atoms. The Balaban J connectivity index is 2.19. The normalized spacial score (nSPS) is 11.7. The zero-order chi connectivity index (χ0) is 18.4. The smallest absolute Gasteiger partial charge is 0.313 e. The van der Waals surface area contributed by atoms with Crippen LogP contribution in [0.5, 0.6) is 0 Å². The Morgan fingerprint density at radius 2 is 1.72 bits per heavy atom. The fourth-order valence-corrected chi connectivity index (χ4v) is 3.82. The van der Waals surface area contributed by atoms with Gasteiger partial charge in [-0.2, -0.15) is 0 Å². The number of aryl methyl sites for hydroxylation is 2. The second kappa shape index (κ2) is 9.27. The highest BCUT2D eigenvalue weighted by molar-refractivity contribution is 7.99. The fourth-order valence-electron chi connectivity index (χ4n) is 2.95. The van der Waals surface area contributed by atoms with E-state index in [1.54, 1.807) is 18.8 Å². The van der Waals surface area contributed by atoms with E-state index < -0.39 is 5.69 Å². The number of aromatic amines is 1. The maximum absolute atomic E-state index is 12.3. The van der Waals surface area contributed by atoms with Gasteiger partial charge in [-0.3, -0.25) is 14.3 Å². The lowest BCUT2D eigenvalue weighted by atomic mass is 10.1. The van der Waals surface area contributed by atoms with Gasteiger partial charge in [0.05, 0.1) is 0 Å². The van der Waals surface area contributed by atoms with Crippen LogP contribution in [0.4, 0.5) is 0 Å². The predicted molar refractivity (Wildman–Crippen MR) is 105 cm³/mol. The Kier molecular flexibility index (Phi) is 7.35. The summed E-state index contributed by atoms with van der Waals surface area (Å²) in [6.07, 6.45) is 8.56. The van der Waals surface area contributed by atoms with Gasteiger partial charge in [0.15, 0.2) is 16.3 Å². The number of unbranched alkanes of at least 4 members (excludes halogenated alkanes) is 6. The first-order valence-corrected chi connectivity index (χ1v) is 10.2. The van der Waals surface area contributed by atoms with Crippen molar-refractivity contribution >= 4 is 22.9 Å². The summed E-state index contributed by atoms with van der Waals surface area (Å²) in [5.74, 6) is 0. The summed E-state index contributed by atoms with van der Waals surface area (Å²) >= 11 is 1.63. The molecule has 0 aliphatic heterocycles. The van der Waals surface area contributed by atoms with E-state index in [1.165, 1.54) is 36.7 Å². The third kappa shape index (κ3) is 5.00. The zero-order valence-corrected chi connectivity index (χ0v) is 16.6. The van der Waals surface area contributed by atoms with Crippen molar-refractivity contribution in [1.29, 1.82) is 0 Å². The summed E-state index contributed by atoms with van der Waals surface area (Å²) in [5, 5.41) is 1.18. The molecule has 2 aromatic heterocycles. The quantitative estimate of drug-likeness (QED) is 0.514. The van der Waals surface area contributed by atoms with Gasteiger partial charge in [0, 0.05) is 18.8 Å². The Bertz CT molecular complexity index is 804. The SMILES string of the molecule is CCCCCCCCCn1c(SC(C)C)nc2c1c(=O)[nH]c(=O)n2C. The minimum absolute atomic E-state index is 0.343. The molecule has 0 unspecified atom stereocenters. The second-order valence-corrected chi connectivity index (χ2v) is 8.37. The van der Waals surface area contributed by atoms with Crippen LogP contribution in [-0.2, 0) is 13.6 Å². The van der Waals surface area contributed by atoms with E-state index in [9.17, 15) is 9.59 Å². The third-order valence-electron chi connectivity index (χ3n) is 4.30. The number of hydrogen-bond donors (Lipinski definition) is 1. The van der Waals surface area contributed by atoms with Gasteiger partial charge < -0.3 is 4.57 Å². The van der Waals surface area contributed by atoms with Crippen molar-refractivity contribution in [2.75, 3.05) is 0 Å². The molecule has 2 heterocycles. The van der Waals surface area contributed by atoms with E-state index in [-0.39, 0.29) is 5.56 Å². The van der Waals surface area contributed by atoms with Gasteiger partial charge in [-0.05, 0) is 6.42 Å². The Hall–Kier alpha value is -1.50. The van der Waals surface area contributed by atoms with Crippen molar-refractivity contribution < 1.29 is 0 Å². The van der Waals surface area contributed by atoms with Gasteiger partial charge in [0.25, 0.3) is 5.56 Å². The lowest BCUT2D eigenvalue weighted by Crippen LogP contribution is -2.29. The summed E-state index contributed by atoms with van der Waals surface area (Å²) < 4.78 is 3.41. The second-order valence-electron chi connectivity index (χ2n) is 6.82. The lowest BCUT2D eigenvalue weighted by Gasteiger charge is -2.10. The van der Waals surface area contributed by atoms with Crippen LogP contribution in [0.3, 0.4) is 0 Å². The van der Waals surface area contributed by atoms with Crippen LogP contribution in [0.15, 0.2) is 14.7 Å². The molecule has 140 valence electrons. The minimum Gasteiger partial charge on any atom is -0.313 e. The number of H-pyrrole nitrogens is 1. The van der Waals surface area contributed by atoms with E-state index in [2.05, 4.69) is 30.7 Å². The molecule has 0 fully saturated rings. The molecule has 0 saturated carbocycles. The summed E-state index contributed by atoms with van der Waals surface area (Å²) in [4.78, 5) is 31.2. The van der Waals surface area contributed by atoms with Crippen molar-refractivity contribution in [1.82, 2.24) is 19.1 Å². The topological polar surface area (TPSA) is 72.7 Å². The molecule has 1 N–H and O–H groups in total. The molecule has 2 aromatic rings. The molecule has 0 aliphatic carbocycles. The number of nitrogens with zero attached hydrogens (tertiary/aromatic N) is 3. The number of hydrogen-bond acceptors (Lipinski definition) is 4. The number of rotatable bonds is 10. The van der Waals surface area contributed by atoms with E-state index in [0.29, 0.717) is 16.4 Å². The van der Waals surface area contributed by atoms with Crippen LogP contribution >= 0.6 is 11.8 Å². The maximum Gasteiger partial charge on any atom is 0.329 e. The molecule has 0 atom stereocenters. The van der Waals surface area contributed by atoms with Crippen LogP contribution < -0.4 is 11.2 Å². The predicted octanol–water partition coefficient (Wildman–Crippen LogP) is 3.67. The summed E-state index contributed by atoms with van der Waals surface area (Å²) in [7, 11) is 1.65. The Labute approximate surface area is 153 Å². The van der Waals surface area contributed by atoms with Crippen molar-refractivity contribution in [3.63, 3.8) is 0 Å². The highest BCUT2D eigenvalue weighted by atomic mass is 32.2. The average molecular weight is 367 g/mol. The van der Waals surface area contributed by atoms with Crippen molar-refractivity contribution in [2.45, 2.75) is 82.7 Å². The van der Waals surface area contributed by atoms with Crippen LogP contribution in [0, 0.1) is 0 Å². The fraction of sp³-hybridized carbons (Fsp3) is 0.722. The van der Waals surface area contributed by atoms with Gasteiger partial charge >= 0.3 is 5.69 Å². The molecule has 0 aromatic carbocycles. The monoisotopic (exact) mass is 366 g/mol. The standard InChI is InChI=1S/C18H30N4O2S/c1-5-6-7-8-9-10-11-12-22-14-15(19-18(22)25-13(2)3)21(4)17(24)20-16(14)23/h13H,5-12H2,1-4H3,(H,20,23,24). The average Bonchev–Trinajstić information content (AvgIpc) is 2.90. The molecule has 6 nitrogen and oxygen atoms in total. The number of fused-ring (bicyclic) bond motifs is 1. The van der Waals surface area contributed by atoms with Crippen molar-refractivity contribution in [2.24, 2.45) is 7.05 Å². The van der Waals surface area contributed by atoms with Crippen LogP contribution in [0.2, 0.25) is 0 Å². The first-order valence-electron chi connectivity index (χ1n) is 9.31. The molecule has 0 saturated heterocycles. The number of thioether (sulfide) groups is 1. The largest absolute Gasteiger partial charge is 0.329 e. The molecule has 2 rings (SSSR count). The highest BCUT2D eigenvalue weighted by Gasteiger charge is 2.18. The van der Waals surface area contributed by atoms with E-state index in [1.807, 2.05) is 4.57 Å². The molecule has 0 radical (unpaired) electrons. The summed E-state index contributed by atoms with van der Waals surface area (Å²) in [5.41, 5.74) is 0.222. The van der Waals surface area contributed by atoms with Gasteiger partial charge in [-0.25, -0.2) is 9.78 Å². The molecule has 0 aliphatic rings. The molecular formula is C18H30N4O2S. The molecule has 7 heteroatoms.